The smallest absolute Gasteiger partial charge is 0.227 e. The Morgan fingerprint density at radius 3 is 2.59 bits per heavy atom. The molecule has 3 aliphatic heterocycles. The average molecular weight is 305 g/mol. The van der Waals surface area contributed by atoms with Crippen LogP contribution in [0.4, 0.5) is 16.2 Å². The molecule has 0 spiro atoms. The molecule has 0 bridgehead atoms. The fraction of sp³-hybridized carbons (Fsp3) is 0.750. The maximum atomic E-state index is 14.1. The number of nitrogens with zero attached hydrogens (tertiary/aromatic N) is 5. The Hall–Kier alpha value is -1.43. The average Bonchev–Trinajstić information content (AvgIpc) is 3.16. The van der Waals surface area contributed by atoms with Gasteiger partial charge in [-0.3, -0.25) is 4.90 Å². The summed E-state index contributed by atoms with van der Waals surface area (Å²) < 4.78 is 14.1. The van der Waals surface area contributed by atoms with Gasteiger partial charge in [-0.1, -0.05) is 0 Å². The summed E-state index contributed by atoms with van der Waals surface area (Å²) in [7, 11) is 0. The van der Waals surface area contributed by atoms with Gasteiger partial charge < -0.3 is 9.80 Å². The maximum Gasteiger partial charge on any atom is 0.227 e. The number of halogens is 1. The van der Waals surface area contributed by atoms with Crippen molar-refractivity contribution in [2.45, 2.75) is 38.1 Å². The van der Waals surface area contributed by atoms with Crippen LogP contribution in [-0.2, 0) is 0 Å². The minimum Gasteiger partial charge on any atom is -0.354 e. The topological polar surface area (TPSA) is 35.5 Å². The van der Waals surface area contributed by atoms with Crippen LogP contribution >= 0.6 is 0 Å². The summed E-state index contributed by atoms with van der Waals surface area (Å²) in [6, 6.07) is 0.617. The zero-order valence-electron chi connectivity index (χ0n) is 13.0. The lowest BCUT2D eigenvalue weighted by Crippen LogP contribution is -2.37. The zero-order chi connectivity index (χ0) is 14.9. The number of aromatic nitrogens is 2. The fourth-order valence-electron chi connectivity index (χ4n) is 4.04. The van der Waals surface area contributed by atoms with Crippen LogP contribution in [0, 0.1) is 5.82 Å². The first-order valence-corrected chi connectivity index (χ1v) is 8.58. The number of fused-ring (bicyclic) bond motifs is 1. The van der Waals surface area contributed by atoms with E-state index in [9.17, 15) is 4.39 Å². The third-order valence-electron chi connectivity index (χ3n) is 5.20. The molecule has 5 nitrogen and oxygen atoms in total. The summed E-state index contributed by atoms with van der Waals surface area (Å²) in [5, 5.41) is 0. The first kappa shape index (κ1) is 14.2. The highest BCUT2D eigenvalue weighted by atomic mass is 19.1. The lowest BCUT2D eigenvalue weighted by atomic mass is 10.2. The van der Waals surface area contributed by atoms with Crippen molar-refractivity contribution in [3.8, 4) is 0 Å². The van der Waals surface area contributed by atoms with Crippen LogP contribution in [0.25, 0.3) is 0 Å². The minimum atomic E-state index is -0.289. The molecule has 1 atom stereocenters. The first-order valence-electron chi connectivity index (χ1n) is 8.58. The second-order valence-electron chi connectivity index (χ2n) is 6.67. The van der Waals surface area contributed by atoms with Crippen molar-refractivity contribution >= 4 is 11.8 Å². The van der Waals surface area contributed by atoms with Crippen LogP contribution in [0.5, 0.6) is 0 Å². The molecule has 0 N–H and O–H groups in total. The van der Waals surface area contributed by atoms with Gasteiger partial charge in [0, 0.05) is 38.8 Å². The molecule has 3 aliphatic rings. The van der Waals surface area contributed by atoms with Crippen molar-refractivity contribution < 1.29 is 4.39 Å². The summed E-state index contributed by atoms with van der Waals surface area (Å²) in [6.07, 6.45) is 7.29. The molecule has 0 unspecified atom stereocenters. The number of rotatable bonds is 2. The molecular weight excluding hydrogens is 281 g/mol. The SMILES string of the molecule is Fc1cnc(N2CCCN3CCC[C@H]3C2)nc1N1CCCC1. The van der Waals surface area contributed by atoms with E-state index in [1.165, 1.54) is 32.1 Å². The molecule has 1 aromatic heterocycles. The highest BCUT2D eigenvalue weighted by Crippen LogP contribution is 2.26. The Balaban J connectivity index is 1.57. The monoisotopic (exact) mass is 305 g/mol. The van der Waals surface area contributed by atoms with Crippen molar-refractivity contribution in [2.75, 3.05) is 49.1 Å². The van der Waals surface area contributed by atoms with Gasteiger partial charge in [-0.25, -0.2) is 9.37 Å². The van der Waals surface area contributed by atoms with Crippen LogP contribution in [0.15, 0.2) is 6.20 Å². The normalized spacial score (nSPS) is 26.3. The highest BCUT2D eigenvalue weighted by molar-refractivity contribution is 5.46. The standard InChI is InChI=1S/C16H24FN5/c17-14-11-18-16(19-15(14)21-6-1-2-7-21)22-10-4-9-20-8-3-5-13(20)12-22/h11,13H,1-10,12H2/t13-/m0/s1. The molecule has 0 radical (unpaired) electrons. The second kappa shape index (κ2) is 5.99. The summed E-state index contributed by atoms with van der Waals surface area (Å²) in [5.41, 5.74) is 0. The predicted molar refractivity (Wildman–Crippen MR) is 84.9 cm³/mol. The number of hydrogen-bond acceptors (Lipinski definition) is 5. The summed E-state index contributed by atoms with van der Waals surface area (Å²) in [4.78, 5) is 15.8. The lowest BCUT2D eigenvalue weighted by molar-refractivity contribution is 0.273. The Morgan fingerprint density at radius 1 is 0.955 bits per heavy atom. The Labute approximate surface area is 131 Å². The van der Waals surface area contributed by atoms with Crippen molar-refractivity contribution in [1.29, 1.82) is 0 Å². The van der Waals surface area contributed by atoms with Crippen LogP contribution in [0.3, 0.4) is 0 Å². The van der Waals surface area contributed by atoms with E-state index in [1.807, 2.05) is 0 Å². The van der Waals surface area contributed by atoms with E-state index >= 15 is 0 Å². The predicted octanol–water partition coefficient (Wildman–Crippen LogP) is 1.89. The first-order chi connectivity index (χ1) is 10.8. The molecule has 22 heavy (non-hydrogen) atoms. The highest BCUT2D eigenvalue weighted by Gasteiger charge is 2.30. The van der Waals surface area contributed by atoms with E-state index in [4.69, 9.17) is 0 Å². The summed E-state index contributed by atoms with van der Waals surface area (Å²) >= 11 is 0. The summed E-state index contributed by atoms with van der Waals surface area (Å²) in [6.45, 7) is 6.15. The molecule has 0 amide bonds. The van der Waals surface area contributed by atoms with E-state index in [0.29, 0.717) is 17.8 Å². The third kappa shape index (κ3) is 2.64. The van der Waals surface area contributed by atoms with E-state index in [-0.39, 0.29) is 5.82 Å². The quantitative estimate of drug-likeness (QED) is 0.834. The van der Waals surface area contributed by atoms with E-state index < -0.39 is 0 Å². The largest absolute Gasteiger partial charge is 0.354 e. The van der Waals surface area contributed by atoms with Crippen molar-refractivity contribution in [2.24, 2.45) is 0 Å². The molecule has 0 aliphatic carbocycles. The van der Waals surface area contributed by atoms with Crippen LogP contribution in [0.1, 0.15) is 32.1 Å². The van der Waals surface area contributed by atoms with Gasteiger partial charge in [0.25, 0.3) is 0 Å². The molecule has 1 aromatic rings. The molecule has 120 valence electrons. The molecule has 6 heteroatoms. The maximum absolute atomic E-state index is 14.1. The van der Waals surface area contributed by atoms with Gasteiger partial charge in [-0.15, -0.1) is 0 Å². The Kier molecular flexibility index (Phi) is 3.86. The van der Waals surface area contributed by atoms with Gasteiger partial charge in [0.2, 0.25) is 5.95 Å². The van der Waals surface area contributed by atoms with E-state index in [0.717, 1.165) is 45.4 Å². The number of hydrogen-bond donors (Lipinski definition) is 0. The molecule has 4 heterocycles. The second-order valence-corrected chi connectivity index (χ2v) is 6.67. The van der Waals surface area contributed by atoms with Crippen molar-refractivity contribution in [1.82, 2.24) is 14.9 Å². The van der Waals surface area contributed by atoms with Crippen LogP contribution in [0.2, 0.25) is 0 Å². The van der Waals surface area contributed by atoms with E-state index in [2.05, 4.69) is 24.7 Å². The van der Waals surface area contributed by atoms with Gasteiger partial charge in [0.15, 0.2) is 11.6 Å². The van der Waals surface area contributed by atoms with Gasteiger partial charge >= 0.3 is 0 Å². The van der Waals surface area contributed by atoms with Gasteiger partial charge in [0.05, 0.1) is 6.20 Å². The minimum absolute atomic E-state index is 0.289. The third-order valence-corrected chi connectivity index (χ3v) is 5.20. The zero-order valence-corrected chi connectivity index (χ0v) is 13.0. The van der Waals surface area contributed by atoms with E-state index in [1.54, 1.807) is 0 Å². The molecular formula is C16H24FN5. The fourth-order valence-corrected chi connectivity index (χ4v) is 4.04. The Morgan fingerprint density at radius 2 is 1.73 bits per heavy atom. The Bertz CT molecular complexity index is 531. The van der Waals surface area contributed by atoms with Gasteiger partial charge in [-0.2, -0.15) is 4.98 Å². The van der Waals surface area contributed by atoms with Gasteiger partial charge in [0.1, 0.15) is 0 Å². The molecule has 3 fully saturated rings. The van der Waals surface area contributed by atoms with Crippen LogP contribution in [-0.4, -0.2) is 60.2 Å². The molecule has 3 saturated heterocycles. The van der Waals surface area contributed by atoms with Crippen molar-refractivity contribution in [3.63, 3.8) is 0 Å². The van der Waals surface area contributed by atoms with Crippen LogP contribution < -0.4 is 9.80 Å². The molecule has 4 rings (SSSR count). The van der Waals surface area contributed by atoms with Gasteiger partial charge in [-0.05, 0) is 38.6 Å². The molecule has 0 saturated carbocycles. The molecule has 0 aromatic carbocycles. The number of anilines is 2. The summed E-state index contributed by atoms with van der Waals surface area (Å²) in [5.74, 6) is 0.912. The van der Waals surface area contributed by atoms with Crippen molar-refractivity contribution in [3.05, 3.63) is 12.0 Å². The lowest BCUT2D eigenvalue weighted by Gasteiger charge is -2.26.